The number of ether oxygens (including phenoxy) is 3. The van der Waals surface area contributed by atoms with E-state index >= 15 is 0 Å². The van der Waals surface area contributed by atoms with Gasteiger partial charge in [-0.25, -0.2) is 0 Å². The van der Waals surface area contributed by atoms with Crippen LogP contribution < -0.4 is 24.8 Å². The molecule has 3 aromatic rings. The van der Waals surface area contributed by atoms with Gasteiger partial charge >= 0.3 is 6.36 Å². The number of carbonyl (C=O) groups excluding carboxylic acids is 2. The van der Waals surface area contributed by atoms with Crippen LogP contribution in [0, 0.1) is 0 Å². The largest absolute Gasteiger partial charge is 0.573 e. The fourth-order valence-corrected chi connectivity index (χ4v) is 3.09. The van der Waals surface area contributed by atoms with Crippen LogP contribution in [0.25, 0.3) is 6.08 Å². The molecule has 0 atom stereocenters. The van der Waals surface area contributed by atoms with Crippen molar-refractivity contribution in [1.82, 2.24) is 10.6 Å². The molecule has 0 bridgehead atoms. The Labute approximate surface area is 216 Å². The van der Waals surface area contributed by atoms with Crippen molar-refractivity contribution in [3.05, 3.63) is 95.7 Å². The first-order valence-electron chi connectivity index (χ1n) is 11.4. The minimum atomic E-state index is -4.84. The predicted octanol–water partition coefficient (Wildman–Crippen LogP) is 3.92. The molecular formula is C27H25F3N2O6. The van der Waals surface area contributed by atoms with E-state index in [4.69, 9.17) is 14.6 Å². The van der Waals surface area contributed by atoms with E-state index in [0.717, 1.165) is 17.9 Å². The Morgan fingerprint density at radius 1 is 0.816 bits per heavy atom. The standard InChI is InChI=1S/C27H25F3N2O6/c28-27(29,30)38-23-10-6-19(7-11-23)18-24(26(35)31-14-15-33)32-25(34)20-8-12-22(13-9-20)37-17-16-36-21-4-2-1-3-5-21/h1-13,18,33H,14-17H2,(H,31,35)(H,32,34). The van der Waals surface area contributed by atoms with E-state index in [2.05, 4.69) is 15.4 Å². The van der Waals surface area contributed by atoms with Crippen LogP contribution in [0.15, 0.2) is 84.6 Å². The number of alkyl halides is 3. The Hall–Kier alpha value is -4.51. The van der Waals surface area contributed by atoms with Gasteiger partial charge in [-0.3, -0.25) is 9.59 Å². The first-order chi connectivity index (χ1) is 18.2. The van der Waals surface area contributed by atoms with Crippen LogP contribution in [-0.2, 0) is 4.79 Å². The van der Waals surface area contributed by atoms with Gasteiger partial charge in [-0.05, 0) is 60.2 Å². The van der Waals surface area contributed by atoms with Gasteiger partial charge in [0.15, 0.2) is 0 Å². The van der Waals surface area contributed by atoms with Gasteiger partial charge in [-0.15, -0.1) is 13.2 Å². The summed E-state index contributed by atoms with van der Waals surface area (Å²) in [5.74, 6) is -0.497. The summed E-state index contributed by atoms with van der Waals surface area (Å²) in [6, 6.07) is 20.2. The lowest BCUT2D eigenvalue weighted by atomic mass is 10.1. The number of nitrogens with one attached hydrogen (secondary N) is 2. The van der Waals surface area contributed by atoms with Crippen LogP contribution in [0.3, 0.4) is 0 Å². The molecule has 3 rings (SSSR count). The van der Waals surface area contributed by atoms with E-state index in [1.54, 1.807) is 12.1 Å². The van der Waals surface area contributed by atoms with Gasteiger partial charge in [0.2, 0.25) is 0 Å². The van der Waals surface area contributed by atoms with Gasteiger partial charge in [0.1, 0.15) is 36.2 Å². The minimum absolute atomic E-state index is 0.0651. The molecule has 0 aliphatic heterocycles. The second-order valence-corrected chi connectivity index (χ2v) is 7.64. The van der Waals surface area contributed by atoms with E-state index < -0.39 is 23.9 Å². The van der Waals surface area contributed by atoms with Crippen molar-refractivity contribution in [2.24, 2.45) is 0 Å². The Morgan fingerprint density at radius 2 is 1.39 bits per heavy atom. The van der Waals surface area contributed by atoms with Crippen molar-refractivity contribution in [2.45, 2.75) is 6.36 Å². The van der Waals surface area contributed by atoms with Crippen molar-refractivity contribution in [2.75, 3.05) is 26.4 Å². The number of hydrogen-bond donors (Lipinski definition) is 3. The average Bonchev–Trinajstić information content (AvgIpc) is 2.90. The van der Waals surface area contributed by atoms with E-state index in [1.807, 2.05) is 30.3 Å². The molecule has 0 radical (unpaired) electrons. The Balaban J connectivity index is 1.62. The van der Waals surface area contributed by atoms with Gasteiger partial charge < -0.3 is 30.0 Å². The zero-order valence-corrected chi connectivity index (χ0v) is 20.0. The maximum Gasteiger partial charge on any atom is 0.573 e. The molecule has 11 heteroatoms. The number of amides is 2. The zero-order chi connectivity index (χ0) is 27.4. The highest BCUT2D eigenvalue weighted by Crippen LogP contribution is 2.23. The first kappa shape index (κ1) is 28.1. The SMILES string of the molecule is O=C(NCCO)C(=Cc1ccc(OC(F)(F)F)cc1)NC(=O)c1ccc(OCCOc2ccccc2)cc1. The first-order valence-corrected chi connectivity index (χ1v) is 11.4. The number of carbonyl (C=O) groups is 2. The van der Waals surface area contributed by atoms with Crippen LogP contribution in [0.4, 0.5) is 13.2 Å². The van der Waals surface area contributed by atoms with Crippen LogP contribution >= 0.6 is 0 Å². The maximum atomic E-state index is 12.8. The second-order valence-electron chi connectivity index (χ2n) is 7.64. The zero-order valence-electron chi connectivity index (χ0n) is 20.0. The third-order valence-electron chi connectivity index (χ3n) is 4.80. The van der Waals surface area contributed by atoms with Gasteiger partial charge in [0.25, 0.3) is 11.8 Å². The Kier molecular flexibility index (Phi) is 10.1. The molecular weight excluding hydrogens is 505 g/mol. The molecule has 0 fully saturated rings. The van der Waals surface area contributed by atoms with E-state index in [9.17, 15) is 22.8 Å². The molecule has 0 spiro atoms. The number of hydrogen-bond acceptors (Lipinski definition) is 6. The van der Waals surface area contributed by atoms with Crippen molar-refractivity contribution in [3.63, 3.8) is 0 Å². The average molecular weight is 530 g/mol. The third-order valence-corrected chi connectivity index (χ3v) is 4.80. The van der Waals surface area contributed by atoms with Crippen LogP contribution in [0.1, 0.15) is 15.9 Å². The highest BCUT2D eigenvalue weighted by molar-refractivity contribution is 6.05. The van der Waals surface area contributed by atoms with E-state index in [1.165, 1.54) is 30.3 Å². The number of rotatable bonds is 12. The van der Waals surface area contributed by atoms with Crippen molar-refractivity contribution in [3.8, 4) is 17.2 Å². The molecule has 8 nitrogen and oxygen atoms in total. The molecule has 0 unspecified atom stereocenters. The highest BCUT2D eigenvalue weighted by atomic mass is 19.4. The third kappa shape index (κ3) is 9.51. The maximum absolute atomic E-state index is 12.8. The lowest BCUT2D eigenvalue weighted by Crippen LogP contribution is -2.36. The predicted molar refractivity (Wildman–Crippen MR) is 133 cm³/mol. The van der Waals surface area contributed by atoms with Crippen LogP contribution in [0.2, 0.25) is 0 Å². The molecule has 0 aromatic heterocycles. The molecule has 0 saturated carbocycles. The molecule has 2 amide bonds. The summed E-state index contributed by atoms with van der Waals surface area (Å²) >= 11 is 0. The summed E-state index contributed by atoms with van der Waals surface area (Å²) < 4.78 is 52.1. The number of aliphatic hydroxyl groups is 1. The summed E-state index contributed by atoms with van der Waals surface area (Å²) in [4.78, 5) is 25.3. The van der Waals surface area contributed by atoms with Gasteiger partial charge in [-0.1, -0.05) is 30.3 Å². The topological polar surface area (TPSA) is 106 Å². The quantitative estimate of drug-likeness (QED) is 0.242. The van der Waals surface area contributed by atoms with E-state index in [-0.39, 0.29) is 31.0 Å². The van der Waals surface area contributed by atoms with Crippen molar-refractivity contribution >= 4 is 17.9 Å². The normalized spacial score (nSPS) is 11.4. The van der Waals surface area contributed by atoms with Gasteiger partial charge in [0.05, 0.1) is 6.61 Å². The molecule has 0 heterocycles. The van der Waals surface area contributed by atoms with Gasteiger partial charge in [0, 0.05) is 12.1 Å². The minimum Gasteiger partial charge on any atom is -0.490 e. The highest BCUT2D eigenvalue weighted by Gasteiger charge is 2.30. The van der Waals surface area contributed by atoms with E-state index in [0.29, 0.717) is 17.9 Å². The molecule has 0 aliphatic rings. The Bertz CT molecular complexity index is 1210. The molecule has 3 aromatic carbocycles. The lowest BCUT2D eigenvalue weighted by Gasteiger charge is -2.12. The summed E-state index contributed by atoms with van der Waals surface area (Å²) in [6.07, 6.45) is -3.55. The fourth-order valence-electron chi connectivity index (χ4n) is 3.09. The molecule has 200 valence electrons. The molecule has 0 saturated heterocycles. The van der Waals surface area contributed by atoms with Crippen LogP contribution in [0.5, 0.6) is 17.2 Å². The summed E-state index contributed by atoms with van der Waals surface area (Å²) in [5.41, 5.74) is 0.384. The summed E-state index contributed by atoms with van der Waals surface area (Å²) in [7, 11) is 0. The number of aliphatic hydroxyl groups excluding tert-OH is 1. The number of benzene rings is 3. The van der Waals surface area contributed by atoms with Gasteiger partial charge in [-0.2, -0.15) is 0 Å². The van der Waals surface area contributed by atoms with Crippen molar-refractivity contribution in [1.29, 1.82) is 0 Å². The monoisotopic (exact) mass is 530 g/mol. The smallest absolute Gasteiger partial charge is 0.490 e. The molecule has 38 heavy (non-hydrogen) atoms. The lowest BCUT2D eigenvalue weighted by molar-refractivity contribution is -0.274. The number of para-hydroxylation sites is 1. The fraction of sp³-hybridized carbons (Fsp3) is 0.185. The number of halogens is 3. The second kappa shape index (κ2) is 13.7. The summed E-state index contributed by atoms with van der Waals surface area (Å²) in [5, 5.41) is 13.9. The summed E-state index contributed by atoms with van der Waals surface area (Å²) in [6.45, 7) is 0.219. The molecule has 3 N–H and O–H groups in total. The Morgan fingerprint density at radius 3 is 1.97 bits per heavy atom. The van der Waals surface area contributed by atoms with Crippen molar-refractivity contribution < 1.29 is 42.1 Å². The molecule has 0 aliphatic carbocycles. The van der Waals surface area contributed by atoms with Crippen LogP contribution in [-0.4, -0.2) is 49.6 Å².